The van der Waals surface area contributed by atoms with Crippen molar-refractivity contribution in [3.63, 3.8) is 0 Å². The molecule has 0 aliphatic heterocycles. The number of nitrogens with zero attached hydrogens (tertiary/aromatic N) is 1. The summed E-state index contributed by atoms with van der Waals surface area (Å²) in [5.74, 6) is -0.436. The van der Waals surface area contributed by atoms with E-state index in [1.165, 1.54) is 4.90 Å². The lowest BCUT2D eigenvalue weighted by Crippen LogP contribution is -2.34. The summed E-state index contributed by atoms with van der Waals surface area (Å²) in [6, 6.07) is 5.05. The molecule has 3 N–H and O–H groups in total. The molecule has 20 heavy (non-hydrogen) atoms. The predicted molar refractivity (Wildman–Crippen MR) is 80.6 cm³/mol. The van der Waals surface area contributed by atoms with E-state index in [4.69, 9.17) is 5.73 Å². The number of rotatable bonds is 4. The van der Waals surface area contributed by atoms with Gasteiger partial charge < -0.3 is 16.0 Å². The molecule has 0 aliphatic rings. The average Bonchev–Trinajstić information content (AvgIpc) is 2.36. The number of hydrogen-bond acceptors (Lipinski definition) is 3. The minimum absolute atomic E-state index is 0.0516. The molecule has 1 rings (SSSR count). The molecular weight excluding hydrogens is 254 g/mol. The lowest BCUT2D eigenvalue weighted by molar-refractivity contribution is -0.119. The standard InChI is InChI=1S/C15H23N3O2/c1-9-8-12(17-14(19)10(2)11(3)16)6-7-13(9)15(20)18(4)5/h6-8,10-11H,16H2,1-5H3,(H,17,19). The van der Waals surface area contributed by atoms with Gasteiger partial charge >= 0.3 is 0 Å². The normalized spacial score (nSPS) is 13.5. The summed E-state index contributed by atoms with van der Waals surface area (Å²) >= 11 is 0. The van der Waals surface area contributed by atoms with Gasteiger partial charge in [0.1, 0.15) is 0 Å². The van der Waals surface area contributed by atoms with E-state index in [-0.39, 0.29) is 23.8 Å². The maximum Gasteiger partial charge on any atom is 0.253 e. The van der Waals surface area contributed by atoms with E-state index in [1.807, 2.05) is 6.92 Å². The van der Waals surface area contributed by atoms with Crippen LogP contribution in [-0.4, -0.2) is 36.9 Å². The van der Waals surface area contributed by atoms with Crippen molar-refractivity contribution in [1.29, 1.82) is 0 Å². The first-order valence-corrected chi connectivity index (χ1v) is 6.62. The largest absolute Gasteiger partial charge is 0.345 e. The SMILES string of the molecule is Cc1cc(NC(=O)C(C)C(C)N)ccc1C(=O)N(C)C. The molecule has 0 radical (unpaired) electrons. The number of anilines is 1. The Morgan fingerprint density at radius 3 is 2.30 bits per heavy atom. The number of carbonyl (C=O) groups is 2. The second kappa shape index (κ2) is 6.52. The molecule has 2 amide bonds. The van der Waals surface area contributed by atoms with E-state index >= 15 is 0 Å². The topological polar surface area (TPSA) is 75.4 Å². The van der Waals surface area contributed by atoms with Crippen molar-refractivity contribution in [2.45, 2.75) is 26.8 Å². The van der Waals surface area contributed by atoms with Gasteiger partial charge in [0.15, 0.2) is 0 Å². The average molecular weight is 277 g/mol. The van der Waals surface area contributed by atoms with E-state index in [0.717, 1.165) is 5.56 Å². The first kappa shape index (κ1) is 16.2. The van der Waals surface area contributed by atoms with Crippen molar-refractivity contribution in [3.8, 4) is 0 Å². The molecule has 1 aromatic carbocycles. The third-order valence-electron chi connectivity index (χ3n) is 3.33. The van der Waals surface area contributed by atoms with Crippen LogP contribution in [0.3, 0.4) is 0 Å². The Labute approximate surface area is 120 Å². The number of nitrogens with one attached hydrogen (secondary N) is 1. The number of benzene rings is 1. The van der Waals surface area contributed by atoms with Gasteiger partial charge in [-0.1, -0.05) is 6.92 Å². The van der Waals surface area contributed by atoms with Crippen molar-refractivity contribution in [2.24, 2.45) is 11.7 Å². The fourth-order valence-corrected chi connectivity index (χ4v) is 1.72. The van der Waals surface area contributed by atoms with Crippen LogP contribution in [0.15, 0.2) is 18.2 Å². The highest BCUT2D eigenvalue weighted by atomic mass is 16.2. The summed E-state index contributed by atoms with van der Waals surface area (Å²) in [7, 11) is 3.42. The molecule has 0 aromatic heterocycles. The molecule has 0 fully saturated rings. The molecule has 2 unspecified atom stereocenters. The zero-order chi connectivity index (χ0) is 15.4. The van der Waals surface area contributed by atoms with Crippen molar-refractivity contribution in [2.75, 3.05) is 19.4 Å². The van der Waals surface area contributed by atoms with Crippen molar-refractivity contribution in [1.82, 2.24) is 4.90 Å². The van der Waals surface area contributed by atoms with Crippen LogP contribution in [0.1, 0.15) is 29.8 Å². The van der Waals surface area contributed by atoms with Crippen LogP contribution < -0.4 is 11.1 Å². The zero-order valence-corrected chi connectivity index (χ0v) is 12.7. The third-order valence-corrected chi connectivity index (χ3v) is 3.33. The van der Waals surface area contributed by atoms with Gasteiger partial charge in [0.05, 0.1) is 5.92 Å². The molecular formula is C15H23N3O2. The minimum atomic E-state index is -0.265. The van der Waals surface area contributed by atoms with E-state index in [2.05, 4.69) is 5.32 Å². The van der Waals surface area contributed by atoms with Gasteiger partial charge in [-0.2, -0.15) is 0 Å². The predicted octanol–water partition coefficient (Wildman–Crippen LogP) is 1.62. The molecule has 1 aromatic rings. The fourth-order valence-electron chi connectivity index (χ4n) is 1.72. The maximum atomic E-state index is 11.9. The Kier molecular flexibility index (Phi) is 5.27. The van der Waals surface area contributed by atoms with Crippen LogP contribution in [-0.2, 0) is 4.79 Å². The Morgan fingerprint density at radius 2 is 1.85 bits per heavy atom. The molecule has 0 saturated carbocycles. The van der Waals surface area contributed by atoms with E-state index < -0.39 is 0 Å². The van der Waals surface area contributed by atoms with Gasteiger partial charge in [0, 0.05) is 31.4 Å². The zero-order valence-electron chi connectivity index (χ0n) is 12.7. The molecule has 2 atom stereocenters. The number of carbonyl (C=O) groups excluding carboxylic acids is 2. The second-order valence-corrected chi connectivity index (χ2v) is 5.37. The summed E-state index contributed by atoms with van der Waals surface area (Å²) < 4.78 is 0. The molecule has 0 bridgehead atoms. The van der Waals surface area contributed by atoms with Crippen molar-refractivity contribution >= 4 is 17.5 Å². The molecule has 110 valence electrons. The van der Waals surface area contributed by atoms with Crippen LogP contribution >= 0.6 is 0 Å². The van der Waals surface area contributed by atoms with Crippen LogP contribution in [0.5, 0.6) is 0 Å². The van der Waals surface area contributed by atoms with E-state index in [0.29, 0.717) is 11.3 Å². The summed E-state index contributed by atoms with van der Waals surface area (Å²) in [5.41, 5.74) is 7.84. The Hall–Kier alpha value is -1.88. The minimum Gasteiger partial charge on any atom is -0.345 e. The summed E-state index contributed by atoms with van der Waals surface area (Å²) in [5, 5.41) is 2.82. The number of hydrogen-bond donors (Lipinski definition) is 2. The highest BCUT2D eigenvalue weighted by Gasteiger charge is 2.18. The lowest BCUT2D eigenvalue weighted by Gasteiger charge is -2.17. The number of amides is 2. The molecule has 5 heteroatoms. The summed E-state index contributed by atoms with van der Waals surface area (Å²) in [6.45, 7) is 5.44. The molecule has 5 nitrogen and oxygen atoms in total. The van der Waals surface area contributed by atoms with Gasteiger partial charge in [0.2, 0.25) is 5.91 Å². The van der Waals surface area contributed by atoms with Gasteiger partial charge in [-0.15, -0.1) is 0 Å². The molecule has 0 saturated heterocycles. The molecule has 0 aliphatic carbocycles. The highest BCUT2D eigenvalue weighted by molar-refractivity contribution is 5.97. The lowest BCUT2D eigenvalue weighted by atomic mass is 10.0. The van der Waals surface area contributed by atoms with Crippen molar-refractivity contribution in [3.05, 3.63) is 29.3 Å². The maximum absolute atomic E-state index is 11.9. The first-order chi connectivity index (χ1) is 9.23. The van der Waals surface area contributed by atoms with Crippen LogP contribution in [0.25, 0.3) is 0 Å². The van der Waals surface area contributed by atoms with Gasteiger partial charge in [-0.25, -0.2) is 0 Å². The first-order valence-electron chi connectivity index (χ1n) is 6.62. The third kappa shape index (κ3) is 3.81. The molecule has 0 heterocycles. The quantitative estimate of drug-likeness (QED) is 0.878. The van der Waals surface area contributed by atoms with E-state index in [9.17, 15) is 9.59 Å². The van der Waals surface area contributed by atoms with Gasteiger partial charge in [-0.3, -0.25) is 9.59 Å². The van der Waals surface area contributed by atoms with Crippen molar-refractivity contribution < 1.29 is 9.59 Å². The van der Waals surface area contributed by atoms with Crippen LogP contribution in [0, 0.1) is 12.8 Å². The second-order valence-electron chi connectivity index (χ2n) is 5.37. The van der Waals surface area contributed by atoms with Crippen LogP contribution in [0.4, 0.5) is 5.69 Å². The Morgan fingerprint density at radius 1 is 1.25 bits per heavy atom. The monoisotopic (exact) mass is 277 g/mol. The summed E-state index contributed by atoms with van der Waals surface area (Å²) in [4.78, 5) is 25.4. The Balaban J connectivity index is 2.88. The number of aryl methyl sites for hydroxylation is 1. The summed E-state index contributed by atoms with van der Waals surface area (Å²) in [6.07, 6.45) is 0. The van der Waals surface area contributed by atoms with Gasteiger partial charge in [-0.05, 0) is 37.6 Å². The smallest absolute Gasteiger partial charge is 0.253 e. The highest BCUT2D eigenvalue weighted by Crippen LogP contribution is 2.17. The number of nitrogens with two attached hydrogens (primary N) is 1. The Bertz CT molecular complexity index is 510. The van der Waals surface area contributed by atoms with Crippen LogP contribution in [0.2, 0.25) is 0 Å². The van der Waals surface area contributed by atoms with E-state index in [1.54, 1.807) is 46.1 Å². The fraction of sp³-hybridized carbons (Fsp3) is 0.467. The molecule has 0 spiro atoms. The van der Waals surface area contributed by atoms with Gasteiger partial charge in [0.25, 0.3) is 5.91 Å².